The van der Waals surface area contributed by atoms with Crippen molar-refractivity contribution in [3.63, 3.8) is 0 Å². The molecule has 0 bridgehead atoms. The molecule has 0 rings (SSSR count). The van der Waals surface area contributed by atoms with Gasteiger partial charge in [-0.2, -0.15) is 8.42 Å². The van der Waals surface area contributed by atoms with Gasteiger partial charge in [0.2, 0.25) is 0 Å². The van der Waals surface area contributed by atoms with E-state index in [1.54, 1.807) is 0 Å². The number of unbranched alkanes of at least 4 members (excludes halogenated alkanes) is 7. The van der Waals surface area contributed by atoms with E-state index in [1.165, 1.54) is 32.1 Å². The van der Waals surface area contributed by atoms with Gasteiger partial charge in [0.05, 0.1) is 6.61 Å². The first kappa shape index (κ1) is 21.7. The van der Waals surface area contributed by atoms with Crippen molar-refractivity contribution in [2.75, 3.05) is 12.4 Å². The van der Waals surface area contributed by atoms with Gasteiger partial charge in [0.15, 0.2) is 5.75 Å². The molecule has 1 N–H and O–H groups in total. The fourth-order valence-corrected chi connectivity index (χ4v) is 1.99. The number of ether oxygens (including phenoxy) is 1. The van der Waals surface area contributed by atoms with Crippen LogP contribution >= 0.6 is 0 Å². The molecule has 0 amide bonds. The molecule has 7 heteroatoms. The summed E-state index contributed by atoms with van der Waals surface area (Å²) in [5.41, 5.74) is 0. The maximum absolute atomic E-state index is 10.9. The van der Waals surface area contributed by atoms with Gasteiger partial charge in [-0.1, -0.05) is 51.9 Å². The van der Waals surface area contributed by atoms with Crippen LogP contribution in [-0.4, -0.2) is 31.3 Å². The van der Waals surface area contributed by atoms with Crippen LogP contribution in [0.15, 0.2) is 0 Å². The van der Waals surface area contributed by atoms with E-state index in [-0.39, 0.29) is 36.2 Å². The van der Waals surface area contributed by atoms with Gasteiger partial charge >= 0.3 is 35.5 Å². The van der Waals surface area contributed by atoms with Crippen LogP contribution in [-0.2, 0) is 19.6 Å². The van der Waals surface area contributed by atoms with E-state index in [2.05, 4.69) is 11.7 Å². The zero-order chi connectivity index (χ0) is 13.9. The van der Waals surface area contributed by atoms with E-state index in [0.717, 1.165) is 19.3 Å². The Kier molecular flexibility index (Phi) is 15.2. The zero-order valence-electron chi connectivity index (χ0n) is 12.1. The van der Waals surface area contributed by atoms with Crippen LogP contribution in [0.5, 0.6) is 0 Å². The van der Waals surface area contributed by atoms with Crippen LogP contribution < -0.4 is 29.6 Å². The van der Waals surface area contributed by atoms with Crippen LogP contribution in [0.3, 0.4) is 0 Å². The Morgan fingerprint density at radius 1 is 1.00 bits per heavy atom. The van der Waals surface area contributed by atoms with Gasteiger partial charge in [0.1, 0.15) is 0 Å². The molecule has 0 aromatic rings. The minimum Gasteiger partial charge on any atom is -0.465 e. The van der Waals surface area contributed by atoms with Crippen LogP contribution in [0.25, 0.3) is 0 Å². The standard InChI is InChI=1S/C12H24O5S.Na/c1-2-3-4-5-6-7-8-9-10-17-12(13)11-18(14,15)16;/h2-11H2,1H3,(H,14,15,16);/q;+1. The van der Waals surface area contributed by atoms with E-state index in [0.29, 0.717) is 0 Å². The maximum Gasteiger partial charge on any atom is 1.00 e. The summed E-state index contributed by atoms with van der Waals surface area (Å²) in [6, 6.07) is 0. The summed E-state index contributed by atoms with van der Waals surface area (Å²) in [5.74, 6) is -1.84. The van der Waals surface area contributed by atoms with Gasteiger partial charge in [0, 0.05) is 0 Å². The summed E-state index contributed by atoms with van der Waals surface area (Å²) in [6.45, 7) is 2.41. The Morgan fingerprint density at radius 3 is 1.95 bits per heavy atom. The van der Waals surface area contributed by atoms with Crippen molar-refractivity contribution < 1.29 is 52.1 Å². The Bertz CT molecular complexity index is 316. The molecule has 0 saturated carbocycles. The van der Waals surface area contributed by atoms with Crippen LogP contribution in [0, 0.1) is 0 Å². The van der Waals surface area contributed by atoms with E-state index in [4.69, 9.17) is 4.55 Å². The number of carbonyl (C=O) groups is 1. The number of hydrogen-bond donors (Lipinski definition) is 1. The molecule has 0 aliphatic heterocycles. The molecular formula is C12H24NaO5S+. The average Bonchev–Trinajstić information content (AvgIpc) is 2.24. The van der Waals surface area contributed by atoms with Crippen molar-refractivity contribution in [1.29, 1.82) is 0 Å². The number of hydrogen-bond acceptors (Lipinski definition) is 4. The monoisotopic (exact) mass is 303 g/mol. The number of esters is 1. The minimum absolute atomic E-state index is 0. The van der Waals surface area contributed by atoms with Gasteiger partial charge < -0.3 is 4.74 Å². The third-order valence-electron chi connectivity index (χ3n) is 2.56. The minimum atomic E-state index is -4.26. The number of rotatable bonds is 11. The van der Waals surface area contributed by atoms with Crippen LogP contribution in [0.1, 0.15) is 58.3 Å². The molecule has 0 spiro atoms. The van der Waals surface area contributed by atoms with E-state index in [9.17, 15) is 13.2 Å². The summed E-state index contributed by atoms with van der Waals surface area (Å²) in [5, 5.41) is 0. The molecule has 108 valence electrons. The van der Waals surface area contributed by atoms with E-state index >= 15 is 0 Å². The fourth-order valence-electron chi connectivity index (χ4n) is 1.61. The maximum atomic E-state index is 10.9. The van der Waals surface area contributed by atoms with Gasteiger partial charge in [-0.15, -0.1) is 0 Å². The summed E-state index contributed by atoms with van der Waals surface area (Å²) in [6.07, 6.45) is 9.07. The summed E-state index contributed by atoms with van der Waals surface area (Å²) in [4.78, 5) is 10.9. The molecule has 0 aromatic heterocycles. The van der Waals surface area contributed by atoms with Gasteiger partial charge in [0.25, 0.3) is 10.1 Å². The first-order valence-electron chi connectivity index (χ1n) is 6.56. The Balaban J connectivity index is 0. The van der Waals surface area contributed by atoms with Crippen molar-refractivity contribution in [3.05, 3.63) is 0 Å². The molecule has 19 heavy (non-hydrogen) atoms. The predicted octanol–water partition coefficient (Wildman–Crippen LogP) is -0.438. The molecule has 0 fully saturated rings. The average molecular weight is 303 g/mol. The quantitative estimate of drug-likeness (QED) is 0.242. The smallest absolute Gasteiger partial charge is 0.465 e. The third kappa shape index (κ3) is 18.4. The first-order chi connectivity index (χ1) is 8.45. The fraction of sp³-hybridized carbons (Fsp3) is 0.917. The second kappa shape index (κ2) is 13.4. The molecule has 0 aliphatic rings. The van der Waals surface area contributed by atoms with Crippen molar-refractivity contribution in [1.82, 2.24) is 0 Å². The molecule has 0 aromatic carbocycles. The van der Waals surface area contributed by atoms with E-state index < -0.39 is 21.8 Å². The van der Waals surface area contributed by atoms with Crippen LogP contribution in [0.4, 0.5) is 0 Å². The van der Waals surface area contributed by atoms with Crippen molar-refractivity contribution in [2.24, 2.45) is 0 Å². The molecule has 0 unspecified atom stereocenters. The Labute approximate surface area is 138 Å². The normalized spacial score (nSPS) is 10.8. The Morgan fingerprint density at radius 2 is 1.47 bits per heavy atom. The van der Waals surface area contributed by atoms with Crippen molar-refractivity contribution >= 4 is 16.1 Å². The predicted molar refractivity (Wildman–Crippen MR) is 70.0 cm³/mol. The second-order valence-electron chi connectivity index (χ2n) is 4.42. The summed E-state index contributed by atoms with van der Waals surface area (Å²) in [7, 11) is -4.26. The van der Waals surface area contributed by atoms with Gasteiger partial charge in [-0.05, 0) is 6.42 Å². The molecule has 5 nitrogen and oxygen atoms in total. The van der Waals surface area contributed by atoms with Gasteiger partial charge in [-0.25, -0.2) is 0 Å². The molecule has 0 atom stereocenters. The summed E-state index contributed by atoms with van der Waals surface area (Å²) < 4.78 is 33.8. The first-order valence-corrected chi connectivity index (χ1v) is 8.17. The SMILES string of the molecule is CCCCCCCCCCOC(=O)CS(=O)(=O)O.[Na+]. The second-order valence-corrected chi connectivity index (χ2v) is 5.87. The van der Waals surface area contributed by atoms with Crippen molar-refractivity contribution in [3.8, 4) is 0 Å². The largest absolute Gasteiger partial charge is 1.00 e. The molecule has 0 heterocycles. The third-order valence-corrected chi connectivity index (χ3v) is 3.16. The van der Waals surface area contributed by atoms with Gasteiger partial charge in [-0.3, -0.25) is 9.35 Å². The zero-order valence-corrected chi connectivity index (χ0v) is 14.9. The molecule has 0 radical (unpaired) electrons. The van der Waals surface area contributed by atoms with Crippen LogP contribution in [0.2, 0.25) is 0 Å². The van der Waals surface area contributed by atoms with Crippen molar-refractivity contribution in [2.45, 2.75) is 58.3 Å². The molecular weight excluding hydrogens is 279 g/mol. The molecule has 0 aliphatic carbocycles. The Hall–Kier alpha value is 0.380. The topological polar surface area (TPSA) is 80.7 Å². The van der Waals surface area contributed by atoms with E-state index in [1.807, 2.05) is 0 Å². The number of carbonyl (C=O) groups excluding carboxylic acids is 1. The molecule has 0 saturated heterocycles. The summed E-state index contributed by atoms with van der Waals surface area (Å²) >= 11 is 0.